The molecular formula is C23H32N2O3S. The third kappa shape index (κ3) is 5.82. The molecule has 0 aliphatic carbocycles. The van der Waals surface area contributed by atoms with Gasteiger partial charge in [-0.05, 0) is 68.0 Å². The van der Waals surface area contributed by atoms with Gasteiger partial charge in [0.05, 0.1) is 18.0 Å². The molecule has 0 spiro atoms. The molecule has 0 aliphatic heterocycles. The lowest BCUT2D eigenvalue weighted by Gasteiger charge is -2.31. The second-order valence-electron chi connectivity index (χ2n) is 7.65. The molecule has 0 heterocycles. The number of benzene rings is 2. The zero-order valence-corrected chi connectivity index (χ0v) is 19.0. The number of anilines is 1. The molecule has 2 atom stereocenters. The monoisotopic (exact) mass is 416 g/mol. The van der Waals surface area contributed by atoms with Crippen molar-refractivity contribution in [2.75, 3.05) is 10.6 Å². The highest BCUT2D eigenvalue weighted by atomic mass is 32.2. The van der Waals surface area contributed by atoms with Crippen LogP contribution in [0.25, 0.3) is 0 Å². The second-order valence-corrected chi connectivity index (χ2v) is 9.51. The maximum Gasteiger partial charge on any atom is 0.244 e. The van der Waals surface area contributed by atoms with E-state index in [-0.39, 0.29) is 11.9 Å². The molecule has 0 saturated heterocycles. The van der Waals surface area contributed by atoms with E-state index in [1.807, 2.05) is 58.0 Å². The second kappa shape index (κ2) is 9.44. The van der Waals surface area contributed by atoms with E-state index in [0.29, 0.717) is 12.1 Å². The Bertz CT molecular complexity index is 932. The summed E-state index contributed by atoms with van der Waals surface area (Å²) in [6.45, 7) is 9.66. The quantitative estimate of drug-likeness (QED) is 0.698. The van der Waals surface area contributed by atoms with E-state index in [4.69, 9.17) is 0 Å². The number of amides is 1. The van der Waals surface area contributed by atoms with E-state index in [2.05, 4.69) is 12.2 Å². The molecule has 2 aromatic rings. The first-order valence-electron chi connectivity index (χ1n) is 10.0. The van der Waals surface area contributed by atoms with Crippen LogP contribution in [0.3, 0.4) is 0 Å². The third-order valence-electron chi connectivity index (χ3n) is 5.04. The van der Waals surface area contributed by atoms with Crippen molar-refractivity contribution >= 4 is 21.6 Å². The summed E-state index contributed by atoms with van der Waals surface area (Å²) < 4.78 is 26.5. The largest absolute Gasteiger partial charge is 0.348 e. The van der Waals surface area contributed by atoms with Crippen molar-refractivity contribution in [3.05, 3.63) is 64.7 Å². The Morgan fingerprint density at radius 1 is 1.03 bits per heavy atom. The molecule has 0 unspecified atom stereocenters. The highest BCUT2D eigenvalue weighted by Crippen LogP contribution is 2.26. The van der Waals surface area contributed by atoms with Crippen molar-refractivity contribution in [2.24, 2.45) is 0 Å². The van der Waals surface area contributed by atoms with Crippen molar-refractivity contribution in [1.29, 1.82) is 0 Å². The van der Waals surface area contributed by atoms with Gasteiger partial charge in [0, 0.05) is 0 Å². The Morgan fingerprint density at radius 2 is 1.59 bits per heavy atom. The van der Waals surface area contributed by atoms with Gasteiger partial charge in [0.15, 0.2) is 0 Å². The average molecular weight is 417 g/mol. The fourth-order valence-corrected chi connectivity index (χ4v) is 4.77. The number of nitrogens with zero attached hydrogens (tertiary/aromatic N) is 1. The van der Waals surface area contributed by atoms with Gasteiger partial charge in [-0.15, -0.1) is 0 Å². The number of hydrogen-bond acceptors (Lipinski definition) is 3. The Labute approximate surface area is 175 Å². The van der Waals surface area contributed by atoms with Crippen LogP contribution in [0.5, 0.6) is 0 Å². The van der Waals surface area contributed by atoms with Crippen molar-refractivity contribution in [1.82, 2.24) is 5.32 Å². The molecule has 2 aromatic carbocycles. The molecular weight excluding hydrogens is 384 g/mol. The summed E-state index contributed by atoms with van der Waals surface area (Å²) in [7, 11) is -3.64. The predicted molar refractivity (Wildman–Crippen MR) is 120 cm³/mol. The van der Waals surface area contributed by atoms with Gasteiger partial charge in [0.25, 0.3) is 0 Å². The number of carbonyl (C=O) groups is 1. The van der Waals surface area contributed by atoms with Crippen molar-refractivity contribution in [3.63, 3.8) is 0 Å². The summed E-state index contributed by atoms with van der Waals surface area (Å²) >= 11 is 0. The molecule has 1 amide bonds. The first-order chi connectivity index (χ1) is 13.6. The van der Waals surface area contributed by atoms with Crippen LogP contribution < -0.4 is 9.62 Å². The van der Waals surface area contributed by atoms with E-state index in [0.717, 1.165) is 29.4 Å². The number of nitrogens with one attached hydrogen (secondary N) is 1. The van der Waals surface area contributed by atoms with Crippen LogP contribution in [0.15, 0.2) is 42.5 Å². The summed E-state index contributed by atoms with van der Waals surface area (Å²) in [5.74, 6) is -0.302. The molecule has 0 radical (unpaired) electrons. The summed E-state index contributed by atoms with van der Waals surface area (Å²) in [5, 5.41) is 2.99. The number of aryl methyl sites for hydroxylation is 3. The first-order valence-corrected chi connectivity index (χ1v) is 11.9. The van der Waals surface area contributed by atoms with Crippen LogP contribution in [0.1, 0.15) is 55.5 Å². The minimum Gasteiger partial charge on any atom is -0.348 e. The van der Waals surface area contributed by atoms with Gasteiger partial charge < -0.3 is 5.32 Å². The molecule has 6 heteroatoms. The topological polar surface area (TPSA) is 66.5 Å². The number of carbonyl (C=O) groups excluding carboxylic acids is 1. The van der Waals surface area contributed by atoms with Crippen LogP contribution >= 0.6 is 0 Å². The lowest BCUT2D eigenvalue weighted by atomic mass is 10.0. The van der Waals surface area contributed by atoms with E-state index < -0.39 is 16.1 Å². The molecule has 0 saturated carbocycles. The van der Waals surface area contributed by atoms with Gasteiger partial charge in [0.2, 0.25) is 15.9 Å². The third-order valence-corrected chi connectivity index (χ3v) is 6.22. The van der Waals surface area contributed by atoms with E-state index in [9.17, 15) is 13.2 Å². The molecule has 158 valence electrons. The summed E-state index contributed by atoms with van der Waals surface area (Å²) in [6, 6.07) is 12.7. The molecule has 5 nitrogen and oxygen atoms in total. The van der Waals surface area contributed by atoms with Gasteiger partial charge in [-0.25, -0.2) is 8.42 Å². The number of rotatable bonds is 8. The first kappa shape index (κ1) is 22.9. The van der Waals surface area contributed by atoms with E-state index >= 15 is 0 Å². The molecule has 2 rings (SSSR count). The van der Waals surface area contributed by atoms with Gasteiger partial charge in [-0.2, -0.15) is 0 Å². The Hall–Kier alpha value is -2.34. The summed E-state index contributed by atoms with van der Waals surface area (Å²) in [6.07, 6.45) is 2.47. The van der Waals surface area contributed by atoms with Gasteiger partial charge in [-0.1, -0.05) is 44.2 Å². The maximum absolute atomic E-state index is 13.1. The van der Waals surface area contributed by atoms with Crippen molar-refractivity contribution in [2.45, 2.75) is 59.5 Å². The number of hydrogen-bond donors (Lipinski definition) is 1. The predicted octanol–water partition coefficient (Wildman–Crippen LogP) is 4.29. The zero-order valence-electron chi connectivity index (χ0n) is 18.2. The van der Waals surface area contributed by atoms with Crippen LogP contribution in [0, 0.1) is 13.8 Å². The highest BCUT2D eigenvalue weighted by Gasteiger charge is 2.32. The molecule has 0 aliphatic rings. The van der Waals surface area contributed by atoms with Crippen LogP contribution in [0.2, 0.25) is 0 Å². The van der Waals surface area contributed by atoms with Gasteiger partial charge in [-0.3, -0.25) is 9.10 Å². The van der Waals surface area contributed by atoms with Crippen molar-refractivity contribution < 1.29 is 13.2 Å². The van der Waals surface area contributed by atoms with Gasteiger partial charge in [0.1, 0.15) is 6.04 Å². The van der Waals surface area contributed by atoms with Crippen LogP contribution in [-0.2, 0) is 21.2 Å². The van der Waals surface area contributed by atoms with E-state index in [1.54, 1.807) is 12.1 Å². The fourth-order valence-electron chi connectivity index (χ4n) is 3.57. The smallest absolute Gasteiger partial charge is 0.244 e. The minimum atomic E-state index is -3.64. The maximum atomic E-state index is 13.1. The van der Waals surface area contributed by atoms with E-state index in [1.165, 1.54) is 9.87 Å². The number of sulfonamides is 1. The molecule has 0 fully saturated rings. The lowest BCUT2D eigenvalue weighted by molar-refractivity contribution is -0.122. The normalized spacial score (nSPS) is 13.6. The Morgan fingerprint density at radius 3 is 2.03 bits per heavy atom. The summed E-state index contributed by atoms with van der Waals surface area (Å²) in [5.41, 5.74) is 4.65. The SMILES string of the molecule is CCc1ccc([C@H](C)NC(=O)[C@H](CC)N(c2cc(C)cc(C)c2)S(C)(=O)=O)cc1. The standard InChI is InChI=1S/C23H32N2O3S/c1-7-19-9-11-20(12-10-19)18(5)24-23(26)22(8-2)25(29(6,27)28)21-14-16(3)13-17(4)15-21/h9-15,18,22H,7-8H2,1-6H3,(H,24,26)/t18-,22-/m0/s1. The zero-order chi connectivity index (χ0) is 21.8. The van der Waals surface area contributed by atoms with Gasteiger partial charge >= 0.3 is 0 Å². The molecule has 0 aromatic heterocycles. The molecule has 29 heavy (non-hydrogen) atoms. The van der Waals surface area contributed by atoms with Crippen molar-refractivity contribution in [3.8, 4) is 0 Å². The Balaban J connectivity index is 2.32. The van der Waals surface area contributed by atoms with Crippen LogP contribution in [0.4, 0.5) is 5.69 Å². The Kier molecular flexibility index (Phi) is 7.47. The lowest BCUT2D eigenvalue weighted by Crippen LogP contribution is -2.49. The molecule has 1 N–H and O–H groups in total. The molecule has 0 bridgehead atoms. The minimum absolute atomic E-state index is 0.219. The highest BCUT2D eigenvalue weighted by molar-refractivity contribution is 7.92. The fraction of sp³-hybridized carbons (Fsp3) is 0.435. The van der Waals surface area contributed by atoms with Crippen LogP contribution in [-0.4, -0.2) is 26.6 Å². The average Bonchev–Trinajstić information content (AvgIpc) is 2.63. The summed E-state index contributed by atoms with van der Waals surface area (Å²) in [4.78, 5) is 13.1.